The first kappa shape index (κ1) is 28.6. The molecule has 3 amide bonds. The Labute approximate surface area is 245 Å². The maximum absolute atomic E-state index is 13.9. The van der Waals surface area contributed by atoms with E-state index in [2.05, 4.69) is 0 Å². The fraction of sp³-hybridized carbons (Fsp3) is 0.429. The summed E-state index contributed by atoms with van der Waals surface area (Å²) in [6, 6.07) is 7.20. The summed E-state index contributed by atoms with van der Waals surface area (Å²) in [6.07, 6.45) is 3.15. The molecule has 1 saturated heterocycles. The lowest BCUT2D eigenvalue weighted by Gasteiger charge is -2.45. The number of methoxy groups -OCH3 is 2. The molecule has 2 fully saturated rings. The van der Waals surface area contributed by atoms with Gasteiger partial charge in [-0.3, -0.25) is 24.2 Å². The zero-order chi connectivity index (χ0) is 28.9. The van der Waals surface area contributed by atoms with E-state index in [4.69, 9.17) is 21.7 Å². The van der Waals surface area contributed by atoms with E-state index in [1.807, 2.05) is 6.07 Å². The number of anilines is 1. The van der Waals surface area contributed by atoms with E-state index in [9.17, 15) is 24.0 Å². The number of esters is 2. The van der Waals surface area contributed by atoms with E-state index in [0.29, 0.717) is 38.8 Å². The Hall–Kier alpha value is -2.96. The van der Waals surface area contributed by atoms with Crippen LogP contribution in [0, 0.1) is 11.8 Å². The van der Waals surface area contributed by atoms with Crippen molar-refractivity contribution in [2.75, 3.05) is 25.7 Å². The highest BCUT2D eigenvalue weighted by atomic mass is 32.2. The van der Waals surface area contributed by atoms with Gasteiger partial charge in [0.25, 0.3) is 0 Å². The van der Waals surface area contributed by atoms with Crippen LogP contribution in [0.5, 0.6) is 0 Å². The maximum Gasteiger partial charge on any atom is 0.346 e. The Morgan fingerprint density at radius 1 is 0.950 bits per heavy atom. The monoisotopic (exact) mass is 600 g/mol. The molecule has 0 aromatic heterocycles. The Balaban J connectivity index is 1.53. The molecule has 12 heteroatoms. The third kappa shape index (κ3) is 4.50. The first-order valence-corrected chi connectivity index (χ1v) is 14.9. The molecule has 40 heavy (non-hydrogen) atoms. The van der Waals surface area contributed by atoms with Gasteiger partial charge in [-0.2, -0.15) is 0 Å². The van der Waals surface area contributed by atoms with E-state index in [1.54, 1.807) is 36.9 Å². The number of thiocarbonyl (C=S) groups is 1. The van der Waals surface area contributed by atoms with Gasteiger partial charge in [0.05, 0.1) is 46.4 Å². The number of nitrogens with zero attached hydrogens (tertiary/aromatic N) is 2. The summed E-state index contributed by atoms with van der Waals surface area (Å²) in [5.41, 5.74) is 0.771. The third-order valence-electron chi connectivity index (χ3n) is 7.77. The van der Waals surface area contributed by atoms with Crippen molar-refractivity contribution in [1.82, 2.24) is 4.90 Å². The molecule has 3 aliphatic heterocycles. The highest BCUT2D eigenvalue weighted by Gasteiger charge is 2.51. The molecule has 0 spiro atoms. The van der Waals surface area contributed by atoms with Gasteiger partial charge in [-0.05, 0) is 32.8 Å². The molecule has 2 unspecified atom stereocenters. The molecular weight excluding hydrogens is 573 g/mol. The number of carbonyl (C=O) groups is 5. The summed E-state index contributed by atoms with van der Waals surface area (Å²) < 4.78 is 10.4. The number of imide groups is 1. The highest BCUT2D eigenvalue weighted by Crippen LogP contribution is 2.56. The molecule has 1 aromatic rings. The van der Waals surface area contributed by atoms with Crippen LogP contribution in [0.2, 0.25) is 0 Å². The van der Waals surface area contributed by atoms with E-state index in [-0.39, 0.29) is 40.0 Å². The smallest absolute Gasteiger partial charge is 0.346 e. The Kier molecular flexibility index (Phi) is 7.71. The minimum atomic E-state index is -1.04. The van der Waals surface area contributed by atoms with Crippen molar-refractivity contribution in [2.24, 2.45) is 11.8 Å². The van der Waals surface area contributed by atoms with Crippen molar-refractivity contribution >= 4 is 81.5 Å². The number of thioether (sulfide) groups is 2. The lowest BCUT2D eigenvalue weighted by molar-refractivity contribution is -0.143. The number of hydrogen-bond donors (Lipinski definition) is 0. The highest BCUT2D eigenvalue weighted by molar-refractivity contribution is 8.29. The maximum atomic E-state index is 13.9. The molecule has 210 valence electrons. The van der Waals surface area contributed by atoms with Crippen LogP contribution in [0.25, 0.3) is 5.57 Å². The topological polar surface area (TPSA) is 110 Å². The summed E-state index contributed by atoms with van der Waals surface area (Å²) in [5.74, 6) is -2.98. The quantitative estimate of drug-likeness (QED) is 0.217. The average Bonchev–Trinajstić information content (AvgIpc) is 3.48. The molecule has 3 heterocycles. The largest absolute Gasteiger partial charge is 0.465 e. The van der Waals surface area contributed by atoms with Gasteiger partial charge in [-0.1, -0.05) is 66.8 Å². The predicted octanol–water partition coefficient (Wildman–Crippen LogP) is 4.06. The first-order valence-electron chi connectivity index (χ1n) is 12.9. The van der Waals surface area contributed by atoms with Gasteiger partial charge >= 0.3 is 11.9 Å². The summed E-state index contributed by atoms with van der Waals surface area (Å²) in [4.78, 5) is 68.4. The van der Waals surface area contributed by atoms with Gasteiger partial charge in [0.15, 0.2) is 0 Å². The standard InChI is InChI=1S/C28H28N2O7S3/c1-28(2)22(38)19(27-39-20(25(34)36-3)21(40-27)26(35)37-4)16-11-7-8-12-17(16)30(28)18(31)13-29-23(32)14-9-5-6-10-15(14)24(29)33/h7-8,11-12,14-15H,5-6,9-10,13H2,1-4H3. The minimum absolute atomic E-state index is 0.103. The van der Waals surface area contributed by atoms with E-state index < -0.39 is 23.4 Å². The zero-order valence-electron chi connectivity index (χ0n) is 22.5. The number of ether oxygens (including phenoxy) is 2. The van der Waals surface area contributed by atoms with Crippen molar-refractivity contribution in [3.63, 3.8) is 0 Å². The van der Waals surface area contributed by atoms with Crippen molar-refractivity contribution in [2.45, 2.75) is 45.1 Å². The number of amides is 3. The lowest BCUT2D eigenvalue weighted by Crippen LogP contribution is -2.58. The van der Waals surface area contributed by atoms with Gasteiger partial charge in [0, 0.05) is 11.1 Å². The molecule has 1 aliphatic carbocycles. The molecule has 2 atom stereocenters. The average molecular weight is 601 g/mol. The molecule has 0 N–H and O–H groups in total. The fourth-order valence-electron chi connectivity index (χ4n) is 5.81. The molecule has 0 radical (unpaired) electrons. The van der Waals surface area contributed by atoms with Crippen LogP contribution < -0.4 is 4.90 Å². The van der Waals surface area contributed by atoms with Crippen LogP contribution in [0.3, 0.4) is 0 Å². The number of likely N-dealkylation sites (tertiary alicyclic amines) is 1. The number of fused-ring (bicyclic) bond motifs is 2. The van der Waals surface area contributed by atoms with Crippen molar-refractivity contribution in [1.29, 1.82) is 0 Å². The van der Waals surface area contributed by atoms with Crippen LogP contribution in [-0.2, 0) is 33.4 Å². The van der Waals surface area contributed by atoms with Gasteiger partial charge < -0.3 is 9.47 Å². The van der Waals surface area contributed by atoms with Crippen LogP contribution in [0.15, 0.2) is 38.3 Å². The van der Waals surface area contributed by atoms with Gasteiger partial charge in [-0.25, -0.2) is 9.59 Å². The van der Waals surface area contributed by atoms with Gasteiger partial charge in [0.1, 0.15) is 16.4 Å². The molecular formula is C28H28N2O7S3. The SMILES string of the molecule is COC(=O)C1=C(C(=O)OC)SC(=C2C(=S)C(C)(C)N(C(=O)CN3C(=O)C4CCCCC4C3=O)c3ccccc32)S1. The Bertz CT molecular complexity index is 1380. The summed E-state index contributed by atoms with van der Waals surface area (Å²) in [7, 11) is 2.47. The predicted molar refractivity (Wildman–Crippen MR) is 156 cm³/mol. The summed E-state index contributed by atoms with van der Waals surface area (Å²) in [5, 5.41) is 0. The second kappa shape index (κ2) is 10.8. The number of hydrogen-bond acceptors (Lipinski definition) is 10. The van der Waals surface area contributed by atoms with E-state index in [0.717, 1.165) is 41.3 Å². The molecule has 1 aromatic carbocycles. The third-order valence-corrected chi connectivity index (χ3v) is 11.0. The lowest BCUT2D eigenvalue weighted by atomic mass is 9.81. The van der Waals surface area contributed by atoms with Crippen LogP contribution in [-0.4, -0.2) is 65.7 Å². The molecule has 5 rings (SSSR count). The number of para-hydroxylation sites is 1. The second-order valence-corrected chi connectivity index (χ2v) is 13.1. The fourth-order valence-corrected chi connectivity index (χ4v) is 8.84. The Morgan fingerprint density at radius 2 is 1.48 bits per heavy atom. The van der Waals surface area contributed by atoms with Crippen LogP contribution in [0.1, 0.15) is 45.1 Å². The minimum Gasteiger partial charge on any atom is -0.465 e. The van der Waals surface area contributed by atoms with Crippen LogP contribution >= 0.6 is 35.7 Å². The normalized spacial score (nSPS) is 23.9. The Morgan fingerprint density at radius 3 is 2.00 bits per heavy atom. The molecule has 0 bridgehead atoms. The first-order chi connectivity index (χ1) is 19.0. The van der Waals surface area contributed by atoms with E-state index >= 15 is 0 Å². The molecule has 4 aliphatic rings. The van der Waals surface area contributed by atoms with Crippen molar-refractivity contribution < 1.29 is 33.4 Å². The van der Waals surface area contributed by atoms with Gasteiger partial charge in [-0.15, -0.1) is 0 Å². The zero-order valence-corrected chi connectivity index (χ0v) is 24.9. The molecule has 9 nitrogen and oxygen atoms in total. The summed E-state index contributed by atoms with van der Waals surface area (Å²) in [6.45, 7) is 3.25. The van der Waals surface area contributed by atoms with Crippen molar-refractivity contribution in [3.8, 4) is 0 Å². The number of carbonyl (C=O) groups excluding carboxylic acids is 5. The summed E-state index contributed by atoms with van der Waals surface area (Å²) >= 11 is 8.12. The second-order valence-electron chi connectivity index (χ2n) is 10.4. The van der Waals surface area contributed by atoms with E-state index in [1.165, 1.54) is 14.2 Å². The van der Waals surface area contributed by atoms with Crippen molar-refractivity contribution in [3.05, 3.63) is 43.9 Å². The number of rotatable bonds is 4. The molecule has 1 saturated carbocycles. The number of benzene rings is 1. The van der Waals surface area contributed by atoms with Crippen LogP contribution in [0.4, 0.5) is 5.69 Å². The van der Waals surface area contributed by atoms with Gasteiger partial charge in [0.2, 0.25) is 17.7 Å².